The van der Waals surface area contributed by atoms with Gasteiger partial charge in [-0.15, -0.1) is 0 Å². The molecular formula is C17H25FN2O. The maximum Gasteiger partial charge on any atom is 0.123 e. The van der Waals surface area contributed by atoms with Crippen LogP contribution >= 0.6 is 0 Å². The molecule has 2 heterocycles. The Morgan fingerprint density at radius 2 is 1.81 bits per heavy atom. The van der Waals surface area contributed by atoms with E-state index in [0.717, 1.165) is 51.3 Å². The number of rotatable bonds is 4. The average molecular weight is 292 g/mol. The van der Waals surface area contributed by atoms with Crippen LogP contribution in [0.2, 0.25) is 0 Å². The fraction of sp³-hybridized carbons (Fsp3) is 0.647. The molecule has 3 rings (SSSR count). The topological polar surface area (TPSA) is 15.7 Å². The van der Waals surface area contributed by atoms with Crippen molar-refractivity contribution in [1.29, 1.82) is 0 Å². The van der Waals surface area contributed by atoms with Gasteiger partial charge in [0.15, 0.2) is 0 Å². The lowest BCUT2D eigenvalue weighted by molar-refractivity contribution is 0.00615. The minimum Gasteiger partial charge on any atom is -0.378 e. The molecule has 0 unspecified atom stereocenters. The molecule has 1 aromatic rings. The van der Waals surface area contributed by atoms with Crippen molar-refractivity contribution >= 4 is 5.69 Å². The van der Waals surface area contributed by atoms with Crippen LogP contribution in [0.5, 0.6) is 0 Å². The van der Waals surface area contributed by atoms with Gasteiger partial charge in [-0.2, -0.15) is 0 Å². The van der Waals surface area contributed by atoms with Crippen LogP contribution in [0.3, 0.4) is 0 Å². The van der Waals surface area contributed by atoms with Gasteiger partial charge in [-0.25, -0.2) is 4.39 Å². The zero-order chi connectivity index (χ0) is 14.7. The van der Waals surface area contributed by atoms with E-state index < -0.39 is 0 Å². The van der Waals surface area contributed by atoms with Gasteiger partial charge in [0.25, 0.3) is 0 Å². The Balaban J connectivity index is 1.52. The third kappa shape index (κ3) is 3.55. The average Bonchev–Trinajstić information content (AvgIpc) is 2.99. The summed E-state index contributed by atoms with van der Waals surface area (Å²) in [6.45, 7) is 7.32. The maximum absolute atomic E-state index is 13.0. The summed E-state index contributed by atoms with van der Waals surface area (Å²) in [5.41, 5.74) is 1.14. The van der Waals surface area contributed by atoms with E-state index in [4.69, 9.17) is 4.74 Å². The number of likely N-dealkylation sites (tertiary alicyclic amines) is 1. The fourth-order valence-corrected chi connectivity index (χ4v) is 3.57. The van der Waals surface area contributed by atoms with Crippen LogP contribution < -0.4 is 4.90 Å². The van der Waals surface area contributed by atoms with Crippen LogP contribution in [0.4, 0.5) is 10.1 Å². The highest BCUT2D eigenvalue weighted by Gasteiger charge is 2.30. The highest BCUT2D eigenvalue weighted by atomic mass is 19.1. The Morgan fingerprint density at radius 1 is 1.10 bits per heavy atom. The quantitative estimate of drug-likeness (QED) is 0.848. The van der Waals surface area contributed by atoms with E-state index in [2.05, 4.69) is 16.7 Å². The van der Waals surface area contributed by atoms with E-state index in [-0.39, 0.29) is 5.82 Å². The largest absolute Gasteiger partial charge is 0.378 e. The molecule has 0 aliphatic carbocycles. The maximum atomic E-state index is 13.0. The molecule has 4 heteroatoms. The third-order valence-electron chi connectivity index (χ3n) is 4.75. The molecule has 116 valence electrons. The third-order valence-corrected chi connectivity index (χ3v) is 4.75. The van der Waals surface area contributed by atoms with Crippen molar-refractivity contribution in [3.8, 4) is 0 Å². The standard InChI is InChI=1S/C17H25FN2O/c1-2-21-17-8-11-19(12-9-17)16-7-10-20(13-16)15-5-3-14(18)4-6-15/h3-6,16-17H,2,7-13H2,1H3/t16-/m1/s1. The molecule has 3 nitrogen and oxygen atoms in total. The molecule has 0 radical (unpaired) electrons. The molecule has 0 amide bonds. The Labute approximate surface area is 126 Å². The lowest BCUT2D eigenvalue weighted by atomic mass is 10.1. The molecule has 0 bridgehead atoms. The first-order chi connectivity index (χ1) is 10.3. The van der Waals surface area contributed by atoms with Gasteiger partial charge < -0.3 is 9.64 Å². The molecule has 1 atom stereocenters. The first kappa shape index (κ1) is 14.8. The van der Waals surface area contributed by atoms with Crippen LogP contribution in [0, 0.1) is 5.82 Å². The van der Waals surface area contributed by atoms with Gasteiger partial charge in [-0.3, -0.25) is 4.90 Å². The molecule has 1 aromatic carbocycles. The minimum absolute atomic E-state index is 0.160. The summed E-state index contributed by atoms with van der Waals surface area (Å²) in [4.78, 5) is 4.98. The molecule has 0 N–H and O–H groups in total. The zero-order valence-electron chi connectivity index (χ0n) is 12.8. The summed E-state index contributed by atoms with van der Waals surface area (Å²) in [6.07, 6.45) is 3.97. The molecule has 0 spiro atoms. The van der Waals surface area contributed by atoms with Crippen LogP contribution in [-0.4, -0.2) is 49.8 Å². The van der Waals surface area contributed by atoms with Crippen LogP contribution in [-0.2, 0) is 4.74 Å². The lowest BCUT2D eigenvalue weighted by Gasteiger charge is -2.35. The second-order valence-corrected chi connectivity index (χ2v) is 6.06. The van der Waals surface area contributed by atoms with Gasteiger partial charge in [0.2, 0.25) is 0 Å². The molecule has 2 aliphatic rings. The lowest BCUT2D eigenvalue weighted by Crippen LogP contribution is -2.44. The van der Waals surface area contributed by atoms with Crippen molar-refractivity contribution in [2.24, 2.45) is 0 Å². The van der Waals surface area contributed by atoms with Gasteiger partial charge in [0, 0.05) is 44.5 Å². The van der Waals surface area contributed by atoms with Gasteiger partial charge in [-0.1, -0.05) is 0 Å². The molecular weight excluding hydrogens is 267 g/mol. The number of anilines is 1. The highest BCUT2D eigenvalue weighted by molar-refractivity contribution is 5.47. The van der Waals surface area contributed by atoms with E-state index in [9.17, 15) is 4.39 Å². The number of piperidine rings is 1. The smallest absolute Gasteiger partial charge is 0.123 e. The fourth-order valence-electron chi connectivity index (χ4n) is 3.57. The van der Waals surface area contributed by atoms with Crippen LogP contribution in [0.1, 0.15) is 26.2 Å². The Hall–Kier alpha value is -1.13. The first-order valence-electron chi connectivity index (χ1n) is 8.12. The summed E-state index contributed by atoms with van der Waals surface area (Å²) in [6, 6.07) is 7.52. The highest BCUT2D eigenvalue weighted by Crippen LogP contribution is 2.25. The number of nitrogens with zero attached hydrogens (tertiary/aromatic N) is 2. The summed E-state index contributed by atoms with van der Waals surface area (Å²) in [5, 5.41) is 0. The van der Waals surface area contributed by atoms with Crippen LogP contribution in [0.15, 0.2) is 24.3 Å². The molecule has 2 aliphatic heterocycles. The van der Waals surface area contributed by atoms with Gasteiger partial charge in [0.1, 0.15) is 5.82 Å². The Bertz CT molecular complexity index is 443. The normalized spacial score (nSPS) is 24.7. The van der Waals surface area contributed by atoms with Crippen molar-refractivity contribution < 1.29 is 9.13 Å². The SMILES string of the molecule is CCOC1CCN([C@@H]2CCN(c3ccc(F)cc3)C2)CC1. The monoisotopic (exact) mass is 292 g/mol. The predicted octanol–water partition coefficient (Wildman–Crippen LogP) is 2.91. The first-order valence-corrected chi connectivity index (χ1v) is 8.12. The van der Waals surface area contributed by atoms with Crippen molar-refractivity contribution in [3.05, 3.63) is 30.1 Å². The molecule has 0 saturated carbocycles. The van der Waals surface area contributed by atoms with E-state index in [1.807, 2.05) is 12.1 Å². The Kier molecular flexibility index (Phi) is 4.76. The molecule has 2 saturated heterocycles. The summed E-state index contributed by atoms with van der Waals surface area (Å²) >= 11 is 0. The number of ether oxygens (including phenoxy) is 1. The second-order valence-electron chi connectivity index (χ2n) is 6.06. The van der Waals surface area contributed by atoms with Gasteiger partial charge in [0.05, 0.1) is 6.10 Å². The summed E-state index contributed by atoms with van der Waals surface area (Å²) < 4.78 is 18.7. The van der Waals surface area contributed by atoms with E-state index >= 15 is 0 Å². The number of hydrogen-bond donors (Lipinski definition) is 0. The second kappa shape index (κ2) is 6.75. The minimum atomic E-state index is -0.160. The predicted molar refractivity (Wildman–Crippen MR) is 83.2 cm³/mol. The molecule has 0 aromatic heterocycles. The van der Waals surface area contributed by atoms with Crippen molar-refractivity contribution in [2.75, 3.05) is 37.7 Å². The van der Waals surface area contributed by atoms with Crippen molar-refractivity contribution in [3.63, 3.8) is 0 Å². The molecule has 21 heavy (non-hydrogen) atoms. The van der Waals surface area contributed by atoms with Crippen LogP contribution in [0.25, 0.3) is 0 Å². The molecule has 2 fully saturated rings. The zero-order valence-corrected chi connectivity index (χ0v) is 12.8. The number of benzene rings is 1. The Morgan fingerprint density at radius 3 is 2.48 bits per heavy atom. The number of halogens is 1. The summed E-state index contributed by atoms with van der Waals surface area (Å²) in [7, 11) is 0. The summed E-state index contributed by atoms with van der Waals surface area (Å²) in [5.74, 6) is -0.160. The van der Waals surface area contributed by atoms with E-state index in [1.54, 1.807) is 12.1 Å². The van der Waals surface area contributed by atoms with E-state index in [0.29, 0.717) is 12.1 Å². The van der Waals surface area contributed by atoms with Gasteiger partial charge in [-0.05, 0) is 50.5 Å². The van der Waals surface area contributed by atoms with Crippen molar-refractivity contribution in [1.82, 2.24) is 4.90 Å². The number of hydrogen-bond acceptors (Lipinski definition) is 3. The van der Waals surface area contributed by atoms with Gasteiger partial charge >= 0.3 is 0 Å². The van der Waals surface area contributed by atoms with Crippen molar-refractivity contribution in [2.45, 2.75) is 38.3 Å². The van der Waals surface area contributed by atoms with E-state index in [1.165, 1.54) is 6.42 Å².